The van der Waals surface area contributed by atoms with E-state index in [1.54, 1.807) is 12.4 Å². The van der Waals surface area contributed by atoms with Gasteiger partial charge >= 0.3 is 0 Å². The maximum atomic E-state index is 6.29. The zero-order chi connectivity index (χ0) is 11.5. The third kappa shape index (κ3) is 4.85. The van der Waals surface area contributed by atoms with Crippen LogP contribution in [-0.4, -0.2) is 10.4 Å². The van der Waals surface area contributed by atoms with Gasteiger partial charge in [-0.15, -0.1) is 11.6 Å². The number of rotatable bonds is 3. The van der Waals surface area contributed by atoms with Crippen molar-refractivity contribution in [1.82, 2.24) is 4.98 Å². The zero-order valence-corrected chi connectivity index (χ0v) is 10.9. The first kappa shape index (κ1) is 12.8. The van der Waals surface area contributed by atoms with E-state index in [2.05, 4.69) is 25.8 Å². The minimum Gasteiger partial charge on any atom is -0.263 e. The van der Waals surface area contributed by atoms with Crippen molar-refractivity contribution in [1.29, 1.82) is 0 Å². The van der Waals surface area contributed by atoms with E-state index < -0.39 is 0 Å². The standard InChI is InChI=1S/C12H17Cl2N/c1-12(2,3)7-10(13)6-9-4-5-15-8-11(9)14/h4-5,8,10H,6-7H2,1-3H3. The van der Waals surface area contributed by atoms with Gasteiger partial charge in [-0.3, -0.25) is 4.98 Å². The van der Waals surface area contributed by atoms with Crippen molar-refractivity contribution < 1.29 is 0 Å². The molecule has 1 aromatic heterocycles. The number of aromatic nitrogens is 1. The van der Waals surface area contributed by atoms with Gasteiger partial charge in [-0.05, 0) is 29.9 Å². The van der Waals surface area contributed by atoms with Crippen molar-refractivity contribution >= 4 is 23.2 Å². The summed E-state index contributed by atoms with van der Waals surface area (Å²) in [7, 11) is 0. The Kier molecular flexibility index (Phi) is 4.42. The molecule has 0 spiro atoms. The van der Waals surface area contributed by atoms with Gasteiger partial charge in [0.05, 0.1) is 5.02 Å². The van der Waals surface area contributed by atoms with Crippen LogP contribution < -0.4 is 0 Å². The molecular weight excluding hydrogens is 229 g/mol. The van der Waals surface area contributed by atoms with E-state index in [1.165, 1.54) is 0 Å². The fourth-order valence-electron chi connectivity index (χ4n) is 1.54. The Morgan fingerprint density at radius 1 is 1.40 bits per heavy atom. The van der Waals surface area contributed by atoms with Gasteiger partial charge in [-0.2, -0.15) is 0 Å². The van der Waals surface area contributed by atoms with E-state index in [4.69, 9.17) is 23.2 Å². The molecule has 0 bridgehead atoms. The van der Waals surface area contributed by atoms with Gasteiger partial charge < -0.3 is 0 Å². The maximum absolute atomic E-state index is 6.29. The van der Waals surface area contributed by atoms with Crippen LogP contribution >= 0.6 is 23.2 Å². The molecule has 0 aliphatic carbocycles. The summed E-state index contributed by atoms with van der Waals surface area (Å²) in [5.41, 5.74) is 1.34. The predicted molar refractivity (Wildman–Crippen MR) is 66.7 cm³/mol. The Bertz CT molecular complexity index is 318. The summed E-state index contributed by atoms with van der Waals surface area (Å²) in [5, 5.41) is 0.835. The number of alkyl halides is 1. The molecule has 1 nitrogen and oxygen atoms in total. The molecular formula is C12H17Cl2N. The molecule has 1 aromatic rings. The number of halogens is 2. The molecule has 0 aliphatic heterocycles. The second-order valence-corrected chi connectivity index (χ2v) is 6.06. The quantitative estimate of drug-likeness (QED) is 0.723. The van der Waals surface area contributed by atoms with E-state index in [9.17, 15) is 0 Å². The van der Waals surface area contributed by atoms with E-state index in [0.717, 1.165) is 18.4 Å². The lowest BCUT2D eigenvalue weighted by Crippen LogP contribution is -2.15. The number of pyridine rings is 1. The topological polar surface area (TPSA) is 12.9 Å². The maximum Gasteiger partial charge on any atom is 0.0621 e. The van der Waals surface area contributed by atoms with Gasteiger partial charge in [-0.25, -0.2) is 0 Å². The summed E-state index contributed by atoms with van der Waals surface area (Å²) in [6.07, 6.45) is 5.20. The second-order valence-electron chi connectivity index (χ2n) is 5.03. The van der Waals surface area contributed by atoms with Crippen molar-refractivity contribution in [3.05, 3.63) is 29.0 Å². The van der Waals surface area contributed by atoms with Crippen LogP contribution in [0.15, 0.2) is 18.5 Å². The largest absolute Gasteiger partial charge is 0.263 e. The molecule has 1 unspecified atom stereocenters. The predicted octanol–water partition coefficient (Wildman–Crippen LogP) is 4.32. The Balaban J connectivity index is 2.59. The zero-order valence-electron chi connectivity index (χ0n) is 9.43. The summed E-state index contributed by atoms with van der Waals surface area (Å²) >= 11 is 12.3. The van der Waals surface area contributed by atoms with Crippen LogP contribution in [0, 0.1) is 5.41 Å². The molecule has 3 heteroatoms. The van der Waals surface area contributed by atoms with E-state index in [1.807, 2.05) is 6.07 Å². The van der Waals surface area contributed by atoms with E-state index >= 15 is 0 Å². The highest BCUT2D eigenvalue weighted by atomic mass is 35.5. The molecule has 0 N–H and O–H groups in total. The first-order valence-corrected chi connectivity index (χ1v) is 5.92. The molecule has 15 heavy (non-hydrogen) atoms. The van der Waals surface area contributed by atoms with Crippen LogP contribution in [-0.2, 0) is 6.42 Å². The highest BCUT2D eigenvalue weighted by Crippen LogP contribution is 2.27. The number of hydrogen-bond acceptors (Lipinski definition) is 1. The van der Waals surface area contributed by atoms with Crippen molar-refractivity contribution in [3.8, 4) is 0 Å². The highest BCUT2D eigenvalue weighted by molar-refractivity contribution is 6.31. The number of nitrogens with zero attached hydrogens (tertiary/aromatic N) is 1. The molecule has 0 aromatic carbocycles. The molecule has 0 fully saturated rings. The molecule has 0 aliphatic rings. The third-order valence-corrected chi connectivity index (χ3v) is 2.78. The monoisotopic (exact) mass is 245 g/mol. The van der Waals surface area contributed by atoms with Crippen LogP contribution in [0.2, 0.25) is 5.02 Å². The van der Waals surface area contributed by atoms with Crippen LogP contribution in [0.5, 0.6) is 0 Å². The van der Waals surface area contributed by atoms with Gasteiger partial charge in [-0.1, -0.05) is 32.4 Å². The lowest BCUT2D eigenvalue weighted by Gasteiger charge is -2.22. The van der Waals surface area contributed by atoms with Crippen LogP contribution in [0.3, 0.4) is 0 Å². The average Bonchev–Trinajstić information content (AvgIpc) is 2.05. The smallest absolute Gasteiger partial charge is 0.0621 e. The molecule has 1 heterocycles. The SMILES string of the molecule is CC(C)(C)CC(Cl)Cc1ccncc1Cl. The van der Waals surface area contributed by atoms with E-state index in [-0.39, 0.29) is 10.8 Å². The Morgan fingerprint density at radius 3 is 2.60 bits per heavy atom. The molecule has 0 saturated heterocycles. The summed E-state index contributed by atoms with van der Waals surface area (Å²) in [6.45, 7) is 6.57. The van der Waals surface area contributed by atoms with Crippen molar-refractivity contribution in [2.75, 3.05) is 0 Å². The first-order chi connectivity index (χ1) is 6.88. The molecule has 1 atom stereocenters. The van der Waals surface area contributed by atoms with Gasteiger partial charge in [0.2, 0.25) is 0 Å². The molecule has 0 radical (unpaired) electrons. The minimum atomic E-state index is 0.130. The average molecular weight is 246 g/mol. The Morgan fingerprint density at radius 2 is 2.07 bits per heavy atom. The normalized spacial score (nSPS) is 13.9. The van der Waals surface area contributed by atoms with Crippen molar-refractivity contribution in [2.45, 2.75) is 39.0 Å². The minimum absolute atomic E-state index is 0.130. The Labute approximate surface area is 102 Å². The van der Waals surface area contributed by atoms with Gasteiger partial charge in [0.1, 0.15) is 0 Å². The fraction of sp³-hybridized carbons (Fsp3) is 0.583. The summed E-state index contributed by atoms with van der Waals surface area (Å²) in [6, 6.07) is 1.93. The molecule has 0 amide bonds. The summed E-state index contributed by atoms with van der Waals surface area (Å²) in [4.78, 5) is 3.95. The van der Waals surface area contributed by atoms with Crippen molar-refractivity contribution in [2.24, 2.45) is 5.41 Å². The summed E-state index contributed by atoms with van der Waals surface area (Å²) < 4.78 is 0. The fourth-order valence-corrected chi connectivity index (χ4v) is 2.37. The van der Waals surface area contributed by atoms with Crippen LogP contribution in [0.1, 0.15) is 32.8 Å². The molecule has 1 rings (SSSR count). The Hall–Kier alpha value is -0.270. The van der Waals surface area contributed by atoms with Crippen molar-refractivity contribution in [3.63, 3.8) is 0 Å². The lowest BCUT2D eigenvalue weighted by atomic mass is 9.89. The molecule has 84 valence electrons. The highest BCUT2D eigenvalue weighted by Gasteiger charge is 2.17. The van der Waals surface area contributed by atoms with Crippen LogP contribution in [0.25, 0.3) is 0 Å². The summed E-state index contributed by atoms with van der Waals surface area (Å²) in [5.74, 6) is 0. The number of hydrogen-bond donors (Lipinski definition) is 0. The molecule has 0 saturated carbocycles. The van der Waals surface area contributed by atoms with Gasteiger partial charge in [0.25, 0.3) is 0 Å². The third-order valence-electron chi connectivity index (χ3n) is 2.13. The van der Waals surface area contributed by atoms with E-state index in [0.29, 0.717) is 5.02 Å². The van der Waals surface area contributed by atoms with Gasteiger partial charge in [0, 0.05) is 17.8 Å². The second kappa shape index (κ2) is 5.18. The van der Waals surface area contributed by atoms with Gasteiger partial charge in [0.15, 0.2) is 0 Å². The first-order valence-electron chi connectivity index (χ1n) is 5.11. The lowest BCUT2D eigenvalue weighted by molar-refractivity contribution is 0.369. The van der Waals surface area contributed by atoms with Crippen LogP contribution in [0.4, 0.5) is 0 Å².